The molecular formula is C17H14N2O4. The number of non-ortho nitro benzene ring substituents is 1. The summed E-state index contributed by atoms with van der Waals surface area (Å²) < 4.78 is 5.52. The van der Waals surface area contributed by atoms with Gasteiger partial charge in [-0.25, -0.2) is 4.79 Å². The molecule has 0 bridgehead atoms. The lowest BCUT2D eigenvalue weighted by Crippen LogP contribution is -2.29. The zero-order chi connectivity index (χ0) is 16.9. The van der Waals surface area contributed by atoms with Crippen molar-refractivity contribution in [3.05, 3.63) is 75.8 Å². The summed E-state index contributed by atoms with van der Waals surface area (Å²) in [5, 5.41) is 19.7. The van der Waals surface area contributed by atoms with Crippen LogP contribution in [-0.2, 0) is 10.3 Å². The lowest BCUT2D eigenvalue weighted by molar-refractivity contribution is -0.384. The highest BCUT2D eigenvalue weighted by molar-refractivity contribution is 5.90. The third-order valence-corrected chi connectivity index (χ3v) is 3.43. The van der Waals surface area contributed by atoms with Crippen molar-refractivity contribution in [3.8, 4) is 6.07 Å². The summed E-state index contributed by atoms with van der Waals surface area (Å²) in [4.78, 5) is 22.4. The van der Waals surface area contributed by atoms with E-state index >= 15 is 0 Å². The molecule has 116 valence electrons. The Labute approximate surface area is 133 Å². The van der Waals surface area contributed by atoms with Gasteiger partial charge in [0.2, 0.25) is 0 Å². The molecule has 2 aromatic rings. The van der Waals surface area contributed by atoms with Gasteiger partial charge in [0.25, 0.3) is 5.69 Å². The molecule has 2 rings (SSSR count). The Morgan fingerprint density at radius 2 is 1.83 bits per heavy atom. The van der Waals surface area contributed by atoms with E-state index in [4.69, 9.17) is 10.00 Å². The van der Waals surface area contributed by atoms with Crippen LogP contribution >= 0.6 is 0 Å². The molecule has 0 amide bonds. The Morgan fingerprint density at radius 1 is 1.22 bits per heavy atom. The molecule has 0 aliphatic heterocycles. The Balaban J connectivity index is 2.25. The van der Waals surface area contributed by atoms with Crippen molar-refractivity contribution >= 4 is 11.7 Å². The van der Waals surface area contributed by atoms with Gasteiger partial charge >= 0.3 is 5.97 Å². The summed E-state index contributed by atoms with van der Waals surface area (Å²) in [6.45, 7) is 1.66. The third kappa shape index (κ3) is 3.71. The SMILES string of the molecule is C[C@@](CC#N)(OC(=O)c1ccc([N+](=O)[O-])cc1)c1ccccc1. The van der Waals surface area contributed by atoms with Gasteiger partial charge in [0.1, 0.15) is 5.60 Å². The minimum atomic E-state index is -1.09. The predicted molar refractivity (Wildman–Crippen MR) is 82.5 cm³/mol. The van der Waals surface area contributed by atoms with Crippen molar-refractivity contribution in [1.29, 1.82) is 5.26 Å². The van der Waals surface area contributed by atoms with E-state index in [1.165, 1.54) is 24.3 Å². The Kier molecular flexibility index (Phi) is 4.72. The highest BCUT2D eigenvalue weighted by Crippen LogP contribution is 2.30. The van der Waals surface area contributed by atoms with Gasteiger partial charge in [-0.05, 0) is 24.6 Å². The van der Waals surface area contributed by atoms with Crippen LogP contribution in [0.2, 0.25) is 0 Å². The standard InChI is InChI=1S/C17H14N2O4/c1-17(11-12-18,14-5-3-2-4-6-14)23-16(20)13-7-9-15(10-8-13)19(21)22/h2-10H,11H2,1H3/t17-/m0/s1. The molecule has 0 fully saturated rings. The summed E-state index contributed by atoms with van der Waals surface area (Å²) in [6, 6.07) is 16.1. The second-order valence-electron chi connectivity index (χ2n) is 5.13. The molecule has 2 aromatic carbocycles. The average Bonchev–Trinajstić information content (AvgIpc) is 2.56. The zero-order valence-corrected chi connectivity index (χ0v) is 12.4. The second-order valence-corrected chi connectivity index (χ2v) is 5.13. The summed E-state index contributed by atoms with van der Waals surface area (Å²) in [6.07, 6.45) is -0.00423. The van der Waals surface area contributed by atoms with Crippen molar-refractivity contribution < 1.29 is 14.5 Å². The van der Waals surface area contributed by atoms with Crippen molar-refractivity contribution in [1.82, 2.24) is 0 Å². The first-order chi connectivity index (χ1) is 11.0. The molecule has 0 saturated carbocycles. The molecule has 6 heteroatoms. The fourth-order valence-corrected chi connectivity index (χ4v) is 2.12. The number of carbonyl (C=O) groups excluding carboxylic acids is 1. The van der Waals surface area contributed by atoms with E-state index in [-0.39, 0.29) is 17.7 Å². The van der Waals surface area contributed by atoms with Crippen LogP contribution in [0.4, 0.5) is 5.69 Å². The smallest absolute Gasteiger partial charge is 0.339 e. The molecule has 0 aromatic heterocycles. The summed E-state index contributed by atoms with van der Waals surface area (Å²) in [5.74, 6) is -0.637. The number of nitro benzene ring substituents is 1. The molecular weight excluding hydrogens is 296 g/mol. The highest BCUT2D eigenvalue weighted by Gasteiger charge is 2.31. The minimum Gasteiger partial charge on any atom is -0.450 e. The number of esters is 1. The maximum absolute atomic E-state index is 12.3. The van der Waals surface area contributed by atoms with Gasteiger partial charge in [0.05, 0.1) is 23.0 Å². The average molecular weight is 310 g/mol. The van der Waals surface area contributed by atoms with Crippen LogP contribution in [-0.4, -0.2) is 10.9 Å². The Morgan fingerprint density at radius 3 is 2.35 bits per heavy atom. The van der Waals surface area contributed by atoms with Gasteiger partial charge in [-0.3, -0.25) is 10.1 Å². The first-order valence-corrected chi connectivity index (χ1v) is 6.86. The number of hydrogen-bond acceptors (Lipinski definition) is 5. The highest BCUT2D eigenvalue weighted by atomic mass is 16.6. The molecule has 0 saturated heterocycles. The fraction of sp³-hybridized carbons (Fsp3) is 0.176. The van der Waals surface area contributed by atoms with E-state index in [0.717, 1.165) is 0 Å². The van der Waals surface area contributed by atoms with E-state index in [1.807, 2.05) is 12.1 Å². The predicted octanol–water partition coefficient (Wildman–Crippen LogP) is 3.58. The second kappa shape index (κ2) is 6.71. The van der Waals surface area contributed by atoms with E-state index in [2.05, 4.69) is 0 Å². The number of nitro groups is 1. The van der Waals surface area contributed by atoms with E-state index in [0.29, 0.717) is 5.56 Å². The first-order valence-electron chi connectivity index (χ1n) is 6.86. The molecule has 0 spiro atoms. The monoisotopic (exact) mass is 310 g/mol. The maximum Gasteiger partial charge on any atom is 0.339 e. The molecule has 0 N–H and O–H groups in total. The van der Waals surface area contributed by atoms with Crippen molar-refractivity contribution in [2.45, 2.75) is 18.9 Å². The molecule has 0 aliphatic carbocycles. The molecule has 6 nitrogen and oxygen atoms in total. The van der Waals surface area contributed by atoms with Crippen LogP contribution in [0.5, 0.6) is 0 Å². The molecule has 0 heterocycles. The number of nitriles is 1. The number of benzene rings is 2. The zero-order valence-electron chi connectivity index (χ0n) is 12.4. The first kappa shape index (κ1) is 16.2. The lowest BCUT2D eigenvalue weighted by Gasteiger charge is -2.27. The van der Waals surface area contributed by atoms with Gasteiger partial charge < -0.3 is 4.74 Å². The summed E-state index contributed by atoms with van der Waals surface area (Å²) in [5.41, 5.74) is -0.300. The van der Waals surface area contributed by atoms with Crippen molar-refractivity contribution in [3.63, 3.8) is 0 Å². The molecule has 23 heavy (non-hydrogen) atoms. The van der Waals surface area contributed by atoms with E-state index in [1.54, 1.807) is 31.2 Å². The van der Waals surface area contributed by atoms with Crippen LogP contribution in [0.25, 0.3) is 0 Å². The van der Waals surface area contributed by atoms with Crippen molar-refractivity contribution in [2.75, 3.05) is 0 Å². The van der Waals surface area contributed by atoms with Crippen molar-refractivity contribution in [2.24, 2.45) is 0 Å². The number of hydrogen-bond donors (Lipinski definition) is 0. The topological polar surface area (TPSA) is 93.2 Å². The quantitative estimate of drug-likeness (QED) is 0.478. The number of ether oxygens (including phenoxy) is 1. The van der Waals surface area contributed by atoms with Gasteiger partial charge in [-0.2, -0.15) is 5.26 Å². The van der Waals surface area contributed by atoms with Crippen LogP contribution < -0.4 is 0 Å². The van der Waals surface area contributed by atoms with Gasteiger partial charge in [-0.1, -0.05) is 30.3 Å². The summed E-state index contributed by atoms with van der Waals surface area (Å²) >= 11 is 0. The molecule has 0 unspecified atom stereocenters. The van der Waals surface area contributed by atoms with Gasteiger partial charge in [0, 0.05) is 12.1 Å². The Hall–Kier alpha value is -3.20. The normalized spacial score (nSPS) is 12.7. The van der Waals surface area contributed by atoms with Crippen LogP contribution in [0, 0.1) is 21.4 Å². The van der Waals surface area contributed by atoms with Crippen LogP contribution in [0.15, 0.2) is 54.6 Å². The molecule has 0 aliphatic rings. The van der Waals surface area contributed by atoms with Gasteiger partial charge in [-0.15, -0.1) is 0 Å². The number of carbonyl (C=O) groups is 1. The fourth-order valence-electron chi connectivity index (χ4n) is 2.12. The minimum absolute atomic E-state index is 0.00423. The van der Waals surface area contributed by atoms with E-state index < -0.39 is 16.5 Å². The summed E-state index contributed by atoms with van der Waals surface area (Å²) in [7, 11) is 0. The molecule has 1 atom stereocenters. The molecule has 0 radical (unpaired) electrons. The largest absolute Gasteiger partial charge is 0.450 e. The maximum atomic E-state index is 12.3. The lowest BCUT2D eigenvalue weighted by atomic mass is 9.92. The van der Waals surface area contributed by atoms with Gasteiger partial charge in [0.15, 0.2) is 0 Å². The number of nitrogens with zero attached hydrogens (tertiary/aromatic N) is 2. The Bertz CT molecular complexity index is 750. The third-order valence-electron chi connectivity index (χ3n) is 3.43. The number of rotatable bonds is 5. The van der Waals surface area contributed by atoms with E-state index in [9.17, 15) is 14.9 Å². The van der Waals surface area contributed by atoms with Crippen LogP contribution in [0.3, 0.4) is 0 Å². The van der Waals surface area contributed by atoms with Crippen LogP contribution in [0.1, 0.15) is 29.3 Å².